The van der Waals surface area contributed by atoms with E-state index >= 15 is 0 Å². The summed E-state index contributed by atoms with van der Waals surface area (Å²) in [4.78, 5) is 14.4. The summed E-state index contributed by atoms with van der Waals surface area (Å²) >= 11 is 0. The number of nitrogens with one attached hydrogen (secondary N) is 1. The highest BCUT2D eigenvalue weighted by atomic mass is 16.1. The van der Waals surface area contributed by atoms with Crippen LogP contribution in [-0.2, 0) is 11.2 Å². The summed E-state index contributed by atoms with van der Waals surface area (Å²) in [5.74, 6) is 1.33. The molecule has 1 atom stereocenters. The smallest absolute Gasteiger partial charge is 0.229 e. The minimum atomic E-state index is -0.0762. The van der Waals surface area contributed by atoms with Crippen LogP contribution in [0.15, 0.2) is 42.5 Å². The molecule has 1 amide bonds. The van der Waals surface area contributed by atoms with Crippen LogP contribution >= 0.6 is 0 Å². The van der Waals surface area contributed by atoms with Crippen LogP contribution in [-0.4, -0.2) is 28.7 Å². The van der Waals surface area contributed by atoms with E-state index in [0.717, 1.165) is 24.3 Å². The van der Waals surface area contributed by atoms with Gasteiger partial charge in [0.1, 0.15) is 0 Å². The van der Waals surface area contributed by atoms with Gasteiger partial charge in [0.05, 0.1) is 6.42 Å². The fourth-order valence-corrected chi connectivity index (χ4v) is 3.24. The summed E-state index contributed by atoms with van der Waals surface area (Å²) in [5.41, 5.74) is 0.985. The van der Waals surface area contributed by atoms with Crippen LogP contribution in [0.5, 0.6) is 0 Å². The Kier molecular flexibility index (Phi) is 5.41. The predicted octanol–water partition coefficient (Wildman–Crippen LogP) is 3.43. The molecule has 1 fully saturated rings. The fourth-order valence-electron chi connectivity index (χ4n) is 3.24. The quantitative estimate of drug-likeness (QED) is 0.915. The van der Waals surface area contributed by atoms with Crippen LogP contribution in [0.25, 0.3) is 0 Å². The van der Waals surface area contributed by atoms with Gasteiger partial charge >= 0.3 is 0 Å². The molecule has 0 aliphatic carbocycles. The Morgan fingerprint density at radius 2 is 2.00 bits per heavy atom. The number of amides is 1. The van der Waals surface area contributed by atoms with Gasteiger partial charge in [0.15, 0.2) is 11.6 Å². The number of hydrogen-bond donors (Lipinski definition) is 1. The summed E-state index contributed by atoms with van der Waals surface area (Å²) in [6.45, 7) is 3.25. The topological polar surface area (TPSA) is 58.1 Å². The van der Waals surface area contributed by atoms with Gasteiger partial charge in [-0.05, 0) is 43.4 Å². The van der Waals surface area contributed by atoms with Crippen molar-refractivity contribution in [3.8, 4) is 0 Å². The third-order valence-corrected chi connectivity index (χ3v) is 4.52. The standard InChI is InChI=1S/C19H24N4O/c1-2-16-10-6-7-13-23(16)18-12-11-17(21-22-18)20-19(24)14-15-8-4-3-5-9-15/h3-5,8-9,11-12,16H,2,6-7,10,13-14H2,1H3,(H,20,21,24). The molecule has 1 N–H and O–H groups in total. The van der Waals surface area contributed by atoms with E-state index in [1.807, 2.05) is 42.5 Å². The number of benzene rings is 1. The average molecular weight is 324 g/mol. The van der Waals surface area contributed by atoms with Crippen LogP contribution < -0.4 is 10.2 Å². The van der Waals surface area contributed by atoms with Crippen LogP contribution in [0.2, 0.25) is 0 Å². The number of nitrogens with zero attached hydrogens (tertiary/aromatic N) is 3. The van der Waals surface area contributed by atoms with Gasteiger partial charge in [0.2, 0.25) is 5.91 Å². The van der Waals surface area contributed by atoms with Crippen molar-refractivity contribution in [1.82, 2.24) is 10.2 Å². The van der Waals surface area contributed by atoms with E-state index in [0.29, 0.717) is 18.3 Å². The number of anilines is 2. The van der Waals surface area contributed by atoms with Crippen LogP contribution in [0, 0.1) is 0 Å². The molecule has 2 aromatic rings. The van der Waals surface area contributed by atoms with Crippen LogP contribution in [0.3, 0.4) is 0 Å². The van der Waals surface area contributed by atoms with Gasteiger partial charge in [0.25, 0.3) is 0 Å². The molecule has 5 heteroatoms. The van der Waals surface area contributed by atoms with Crippen molar-refractivity contribution >= 4 is 17.5 Å². The van der Waals surface area contributed by atoms with Crippen molar-refractivity contribution in [3.05, 3.63) is 48.0 Å². The molecule has 2 heterocycles. The van der Waals surface area contributed by atoms with Crippen LogP contribution in [0.4, 0.5) is 11.6 Å². The van der Waals surface area contributed by atoms with Crippen LogP contribution in [0.1, 0.15) is 38.2 Å². The molecule has 3 rings (SSSR count). The second-order valence-corrected chi connectivity index (χ2v) is 6.24. The molecule has 24 heavy (non-hydrogen) atoms. The highest BCUT2D eigenvalue weighted by Crippen LogP contribution is 2.24. The number of carbonyl (C=O) groups excluding carboxylic acids is 1. The molecular weight excluding hydrogens is 300 g/mol. The number of carbonyl (C=O) groups is 1. The number of hydrogen-bond acceptors (Lipinski definition) is 4. The lowest BCUT2D eigenvalue weighted by Gasteiger charge is -2.35. The van der Waals surface area contributed by atoms with E-state index in [-0.39, 0.29) is 5.91 Å². The summed E-state index contributed by atoms with van der Waals surface area (Å²) in [6.07, 6.45) is 5.17. The third-order valence-electron chi connectivity index (χ3n) is 4.52. The zero-order chi connectivity index (χ0) is 16.8. The maximum Gasteiger partial charge on any atom is 0.229 e. The van der Waals surface area contributed by atoms with Crippen molar-refractivity contribution in [1.29, 1.82) is 0 Å². The molecule has 1 aliphatic heterocycles. The zero-order valence-corrected chi connectivity index (χ0v) is 14.1. The zero-order valence-electron chi connectivity index (χ0n) is 14.1. The Morgan fingerprint density at radius 1 is 1.17 bits per heavy atom. The number of rotatable bonds is 5. The minimum absolute atomic E-state index is 0.0762. The van der Waals surface area contributed by atoms with E-state index in [1.54, 1.807) is 0 Å². The molecule has 1 aromatic heterocycles. The SMILES string of the molecule is CCC1CCCCN1c1ccc(NC(=O)Cc2ccccc2)nn1. The highest BCUT2D eigenvalue weighted by Gasteiger charge is 2.22. The summed E-state index contributed by atoms with van der Waals surface area (Å²) < 4.78 is 0. The van der Waals surface area contributed by atoms with Gasteiger partial charge in [-0.25, -0.2) is 0 Å². The first-order chi connectivity index (χ1) is 11.8. The second kappa shape index (κ2) is 7.90. The molecule has 0 spiro atoms. The lowest BCUT2D eigenvalue weighted by atomic mass is 10.0. The molecule has 0 bridgehead atoms. The van der Waals surface area contributed by atoms with Crippen molar-refractivity contribution in [2.24, 2.45) is 0 Å². The lowest BCUT2D eigenvalue weighted by Crippen LogP contribution is -2.39. The van der Waals surface area contributed by atoms with Crippen molar-refractivity contribution < 1.29 is 4.79 Å². The van der Waals surface area contributed by atoms with Gasteiger partial charge < -0.3 is 10.2 Å². The van der Waals surface area contributed by atoms with Gasteiger partial charge in [0, 0.05) is 12.6 Å². The Morgan fingerprint density at radius 3 is 2.71 bits per heavy atom. The van der Waals surface area contributed by atoms with Crippen molar-refractivity contribution in [3.63, 3.8) is 0 Å². The maximum absolute atomic E-state index is 12.1. The molecule has 5 nitrogen and oxygen atoms in total. The highest BCUT2D eigenvalue weighted by molar-refractivity contribution is 5.91. The monoisotopic (exact) mass is 324 g/mol. The fraction of sp³-hybridized carbons (Fsp3) is 0.421. The molecule has 1 unspecified atom stereocenters. The average Bonchev–Trinajstić information content (AvgIpc) is 2.63. The third kappa shape index (κ3) is 4.10. The van der Waals surface area contributed by atoms with E-state index in [1.165, 1.54) is 19.3 Å². The van der Waals surface area contributed by atoms with E-state index < -0.39 is 0 Å². The van der Waals surface area contributed by atoms with Crippen molar-refractivity contribution in [2.75, 3.05) is 16.8 Å². The Labute approximate surface area is 143 Å². The molecule has 126 valence electrons. The predicted molar refractivity (Wildman–Crippen MR) is 96.1 cm³/mol. The molecule has 0 radical (unpaired) electrons. The first-order valence-corrected chi connectivity index (χ1v) is 8.70. The van der Waals surface area contributed by atoms with Gasteiger partial charge in [-0.3, -0.25) is 4.79 Å². The van der Waals surface area contributed by atoms with E-state index in [4.69, 9.17) is 0 Å². The number of piperidine rings is 1. The van der Waals surface area contributed by atoms with E-state index in [9.17, 15) is 4.79 Å². The molecule has 1 aliphatic rings. The first-order valence-electron chi connectivity index (χ1n) is 8.70. The van der Waals surface area contributed by atoms with E-state index in [2.05, 4.69) is 27.3 Å². The van der Waals surface area contributed by atoms with Gasteiger partial charge in [-0.15, -0.1) is 10.2 Å². The summed E-state index contributed by atoms with van der Waals surface area (Å²) in [7, 11) is 0. The summed E-state index contributed by atoms with van der Waals surface area (Å²) in [6, 6.07) is 14.0. The summed E-state index contributed by atoms with van der Waals surface area (Å²) in [5, 5.41) is 11.3. The molecule has 0 saturated carbocycles. The largest absolute Gasteiger partial charge is 0.352 e. The first kappa shape index (κ1) is 16.4. The van der Waals surface area contributed by atoms with Gasteiger partial charge in [-0.1, -0.05) is 37.3 Å². The Balaban J connectivity index is 1.61. The second-order valence-electron chi connectivity index (χ2n) is 6.24. The normalized spacial score (nSPS) is 17.5. The van der Waals surface area contributed by atoms with Gasteiger partial charge in [-0.2, -0.15) is 0 Å². The molecule has 1 saturated heterocycles. The maximum atomic E-state index is 12.1. The minimum Gasteiger partial charge on any atom is -0.352 e. The molecule has 1 aromatic carbocycles. The Hall–Kier alpha value is -2.43. The number of aromatic nitrogens is 2. The van der Waals surface area contributed by atoms with Crippen molar-refractivity contribution in [2.45, 2.75) is 45.1 Å². The lowest BCUT2D eigenvalue weighted by molar-refractivity contribution is -0.115. The Bertz CT molecular complexity index is 657. The molecular formula is C19H24N4O.